The summed E-state index contributed by atoms with van der Waals surface area (Å²) in [6, 6.07) is 8.06. The summed E-state index contributed by atoms with van der Waals surface area (Å²) in [5, 5.41) is 21.0. The van der Waals surface area contributed by atoms with E-state index >= 15 is 0 Å². The van der Waals surface area contributed by atoms with Crippen molar-refractivity contribution < 1.29 is 19.7 Å². The second kappa shape index (κ2) is 14.0. The van der Waals surface area contributed by atoms with Crippen molar-refractivity contribution in [2.45, 2.75) is 108 Å². The number of benzene rings is 1. The molecule has 0 radical (unpaired) electrons. The smallest absolute Gasteiger partial charge is 0.306 e. The number of alkyl halides is 1. The van der Waals surface area contributed by atoms with Crippen molar-refractivity contribution in [2.24, 2.45) is 5.92 Å². The van der Waals surface area contributed by atoms with Gasteiger partial charge in [-0.25, -0.2) is 0 Å². The summed E-state index contributed by atoms with van der Waals surface area (Å²) in [4.78, 5) is 11.6. The Balaban J connectivity index is 1.89. The van der Waals surface area contributed by atoms with Crippen LogP contribution in [0.5, 0.6) is 0 Å². The van der Waals surface area contributed by atoms with Crippen LogP contribution in [-0.2, 0) is 9.53 Å². The fourth-order valence-corrected chi connectivity index (χ4v) is 5.02. The third kappa shape index (κ3) is 8.53. The Hall–Kier alpha value is -1.36. The van der Waals surface area contributed by atoms with Crippen LogP contribution < -0.4 is 0 Å². The molecule has 5 atom stereocenters. The van der Waals surface area contributed by atoms with E-state index in [1.807, 2.05) is 38.1 Å². The number of aliphatic hydroxyl groups excluding tert-OH is 2. The van der Waals surface area contributed by atoms with E-state index in [-0.39, 0.29) is 29.3 Å². The fraction of sp³-hybridized carbons (Fsp3) is 0.667. The topological polar surface area (TPSA) is 66.8 Å². The van der Waals surface area contributed by atoms with Crippen molar-refractivity contribution in [3.05, 3.63) is 47.5 Å². The molecule has 4 nitrogen and oxygen atoms in total. The predicted molar refractivity (Wildman–Crippen MR) is 131 cm³/mol. The van der Waals surface area contributed by atoms with Crippen LogP contribution in [0.15, 0.2) is 36.4 Å². The summed E-state index contributed by atoms with van der Waals surface area (Å²) in [5.41, 5.74) is 2.02. The lowest BCUT2D eigenvalue weighted by atomic mass is 9.84. The van der Waals surface area contributed by atoms with Gasteiger partial charge in [-0.05, 0) is 63.0 Å². The zero-order chi connectivity index (χ0) is 23.5. The highest BCUT2D eigenvalue weighted by atomic mass is 35.5. The average molecular weight is 465 g/mol. The lowest BCUT2D eigenvalue weighted by Crippen LogP contribution is -2.18. The maximum Gasteiger partial charge on any atom is 0.306 e. The van der Waals surface area contributed by atoms with E-state index < -0.39 is 12.2 Å². The summed E-state index contributed by atoms with van der Waals surface area (Å²) in [6.45, 7) is 5.87. The van der Waals surface area contributed by atoms with Gasteiger partial charge < -0.3 is 14.9 Å². The zero-order valence-corrected chi connectivity index (χ0v) is 20.6. The van der Waals surface area contributed by atoms with Crippen LogP contribution >= 0.6 is 11.6 Å². The number of aliphatic hydroxyl groups is 2. The molecule has 5 heteroatoms. The highest BCUT2D eigenvalue weighted by Gasteiger charge is 2.41. The first-order chi connectivity index (χ1) is 15.3. The summed E-state index contributed by atoms with van der Waals surface area (Å²) in [7, 11) is 0. The molecule has 0 spiro atoms. The van der Waals surface area contributed by atoms with Gasteiger partial charge in [0.25, 0.3) is 0 Å². The Morgan fingerprint density at radius 3 is 2.56 bits per heavy atom. The molecule has 1 unspecified atom stereocenters. The maximum atomic E-state index is 11.6. The van der Waals surface area contributed by atoms with Gasteiger partial charge in [0.15, 0.2) is 0 Å². The van der Waals surface area contributed by atoms with E-state index in [4.69, 9.17) is 16.3 Å². The highest BCUT2D eigenvalue weighted by Crippen LogP contribution is 2.45. The molecule has 0 aliphatic heterocycles. The molecule has 2 N–H and O–H groups in total. The average Bonchev–Trinajstić information content (AvgIpc) is 3.03. The fourth-order valence-electron chi connectivity index (χ4n) is 4.58. The van der Waals surface area contributed by atoms with Gasteiger partial charge in [0, 0.05) is 17.7 Å². The Labute approximate surface area is 199 Å². The number of rotatable bonds is 13. The lowest BCUT2D eigenvalue weighted by Gasteiger charge is -2.23. The number of carbonyl (C=O) groups excluding carboxylic acids is 1. The van der Waals surface area contributed by atoms with Gasteiger partial charge in [-0.2, -0.15) is 0 Å². The first kappa shape index (κ1) is 26.9. The number of esters is 1. The minimum atomic E-state index is -0.456. The Kier molecular flexibility index (Phi) is 11.8. The molecule has 1 aliphatic carbocycles. The standard InChI is InChI=1S/C27H41ClO4/c1-4-5-8-12-24(29)20-14-16-21(17-15-20)27-22(23(28)18-25(27)30)11-9-6-7-10-13-26(31)32-19(2)3/h6,9,14-17,19,22-25,27,29-30H,4-5,7-8,10-13,18H2,1-3H3/b9-6-/t22-,23+,24?,25+,27+/m0/s1. The van der Waals surface area contributed by atoms with E-state index in [9.17, 15) is 15.0 Å². The number of ether oxygens (including phenoxy) is 1. The van der Waals surface area contributed by atoms with Gasteiger partial charge in [0.1, 0.15) is 0 Å². The molecule has 1 aliphatic rings. The number of hydrogen-bond donors (Lipinski definition) is 2. The molecule has 0 amide bonds. The molecule has 1 aromatic carbocycles. The van der Waals surface area contributed by atoms with Crippen molar-refractivity contribution in [1.82, 2.24) is 0 Å². The third-order valence-electron chi connectivity index (χ3n) is 6.29. The van der Waals surface area contributed by atoms with Crippen LogP contribution in [0, 0.1) is 5.92 Å². The largest absolute Gasteiger partial charge is 0.463 e. The van der Waals surface area contributed by atoms with Gasteiger partial charge in [-0.15, -0.1) is 11.6 Å². The summed E-state index contributed by atoms with van der Waals surface area (Å²) < 4.78 is 5.15. The van der Waals surface area contributed by atoms with Crippen LogP contribution in [0.4, 0.5) is 0 Å². The molecule has 0 saturated heterocycles. The zero-order valence-electron chi connectivity index (χ0n) is 19.9. The minimum absolute atomic E-state index is 0.00514. The third-order valence-corrected chi connectivity index (χ3v) is 6.79. The van der Waals surface area contributed by atoms with Crippen molar-refractivity contribution in [3.63, 3.8) is 0 Å². The molecule has 0 aromatic heterocycles. The minimum Gasteiger partial charge on any atom is -0.463 e. The van der Waals surface area contributed by atoms with Gasteiger partial charge in [-0.1, -0.05) is 62.6 Å². The summed E-state index contributed by atoms with van der Waals surface area (Å²) >= 11 is 6.61. The van der Waals surface area contributed by atoms with E-state index in [0.717, 1.165) is 56.1 Å². The van der Waals surface area contributed by atoms with Gasteiger partial charge >= 0.3 is 5.97 Å². The molecule has 2 rings (SSSR count). The summed E-state index contributed by atoms with van der Waals surface area (Å²) in [6.07, 6.45) is 10.8. The molecule has 1 saturated carbocycles. The highest BCUT2D eigenvalue weighted by molar-refractivity contribution is 6.21. The van der Waals surface area contributed by atoms with Crippen molar-refractivity contribution >= 4 is 17.6 Å². The lowest BCUT2D eigenvalue weighted by molar-refractivity contribution is -0.147. The molecular weight excluding hydrogens is 424 g/mol. The number of unbranched alkanes of at least 4 members (excludes halogenated alkanes) is 3. The van der Waals surface area contributed by atoms with Crippen LogP contribution in [0.25, 0.3) is 0 Å². The second-order valence-electron chi connectivity index (χ2n) is 9.32. The quantitative estimate of drug-likeness (QED) is 0.152. The van der Waals surface area contributed by atoms with Crippen LogP contribution in [0.2, 0.25) is 0 Å². The number of halogens is 1. The first-order valence-corrected chi connectivity index (χ1v) is 12.7. The molecule has 0 heterocycles. The van der Waals surface area contributed by atoms with Crippen molar-refractivity contribution in [1.29, 1.82) is 0 Å². The number of allylic oxidation sites excluding steroid dienone is 2. The monoisotopic (exact) mass is 464 g/mol. The maximum absolute atomic E-state index is 11.6. The summed E-state index contributed by atoms with van der Waals surface area (Å²) in [5.74, 6) is 0.00994. The van der Waals surface area contributed by atoms with Gasteiger partial charge in [0.2, 0.25) is 0 Å². The number of hydrogen-bond acceptors (Lipinski definition) is 4. The first-order valence-electron chi connectivity index (χ1n) is 12.3. The molecule has 180 valence electrons. The Morgan fingerprint density at radius 2 is 1.91 bits per heavy atom. The molecule has 0 bridgehead atoms. The Bertz CT molecular complexity index is 700. The van der Waals surface area contributed by atoms with Gasteiger partial charge in [-0.3, -0.25) is 4.79 Å². The Morgan fingerprint density at radius 1 is 1.19 bits per heavy atom. The van der Waals surface area contributed by atoms with Crippen molar-refractivity contribution in [2.75, 3.05) is 0 Å². The van der Waals surface area contributed by atoms with Gasteiger partial charge in [0.05, 0.1) is 18.3 Å². The van der Waals surface area contributed by atoms with E-state index in [2.05, 4.69) is 19.1 Å². The molecule has 1 aromatic rings. The normalized spacial score (nSPS) is 24.3. The van der Waals surface area contributed by atoms with E-state index in [1.54, 1.807) is 0 Å². The van der Waals surface area contributed by atoms with E-state index in [0.29, 0.717) is 12.8 Å². The van der Waals surface area contributed by atoms with Crippen molar-refractivity contribution in [3.8, 4) is 0 Å². The second-order valence-corrected chi connectivity index (χ2v) is 9.89. The molecular formula is C27H41ClO4. The van der Waals surface area contributed by atoms with Crippen LogP contribution in [0.3, 0.4) is 0 Å². The van der Waals surface area contributed by atoms with Crippen LogP contribution in [0.1, 0.15) is 102 Å². The molecule has 1 fully saturated rings. The van der Waals surface area contributed by atoms with Crippen LogP contribution in [-0.4, -0.2) is 33.8 Å². The number of carbonyl (C=O) groups is 1. The molecule has 32 heavy (non-hydrogen) atoms. The predicted octanol–water partition coefficient (Wildman–Crippen LogP) is 6.44. The van der Waals surface area contributed by atoms with E-state index in [1.165, 1.54) is 0 Å². The SMILES string of the molecule is CCCCCC(O)c1ccc([C@@H]2[C@@H](C/C=C\CCCC(=O)OC(C)C)[C@H](Cl)C[C@H]2O)cc1.